The fraction of sp³-hybridized carbons (Fsp3) is 0.389. The molecule has 8 heteroatoms. The minimum atomic E-state index is -0.274. The molecule has 136 valence electrons. The number of aromatic nitrogens is 3. The smallest absolute Gasteiger partial charge is 0.267 e. The lowest BCUT2D eigenvalue weighted by Gasteiger charge is -2.35. The summed E-state index contributed by atoms with van der Waals surface area (Å²) in [4.78, 5) is 20.7. The van der Waals surface area contributed by atoms with Crippen molar-refractivity contribution in [3.8, 4) is 0 Å². The molecule has 1 fully saturated rings. The van der Waals surface area contributed by atoms with Crippen molar-refractivity contribution in [1.82, 2.24) is 14.8 Å². The first-order valence-corrected chi connectivity index (χ1v) is 9.49. The maximum Gasteiger partial charge on any atom is 0.267 e. The Hall–Kier alpha value is -2.48. The fourth-order valence-corrected chi connectivity index (χ4v) is 4.15. The second kappa shape index (κ2) is 6.68. The van der Waals surface area contributed by atoms with Crippen LogP contribution in [0.25, 0.3) is 10.2 Å². The van der Waals surface area contributed by atoms with Crippen molar-refractivity contribution in [2.24, 2.45) is 0 Å². The minimum Gasteiger partial charge on any atom is -0.352 e. The van der Waals surface area contributed by atoms with Crippen LogP contribution in [0.1, 0.15) is 19.9 Å². The number of thiazole rings is 1. The van der Waals surface area contributed by atoms with Gasteiger partial charge in [-0.05, 0) is 32.0 Å². The summed E-state index contributed by atoms with van der Waals surface area (Å²) in [6.45, 7) is 7.02. The van der Waals surface area contributed by atoms with Crippen molar-refractivity contribution in [2.45, 2.75) is 19.9 Å². The Balaban J connectivity index is 1.51. The van der Waals surface area contributed by atoms with Gasteiger partial charge in [-0.25, -0.2) is 14.1 Å². The van der Waals surface area contributed by atoms with E-state index in [2.05, 4.69) is 19.9 Å². The van der Waals surface area contributed by atoms with Gasteiger partial charge in [-0.3, -0.25) is 4.79 Å². The van der Waals surface area contributed by atoms with Gasteiger partial charge < -0.3 is 9.80 Å². The summed E-state index contributed by atoms with van der Waals surface area (Å²) < 4.78 is 16.2. The van der Waals surface area contributed by atoms with Gasteiger partial charge in [0.2, 0.25) is 0 Å². The number of halogens is 1. The van der Waals surface area contributed by atoms with Gasteiger partial charge in [0.15, 0.2) is 5.13 Å². The average molecular weight is 373 g/mol. The monoisotopic (exact) mass is 373 g/mol. The molecule has 3 heterocycles. The number of benzene rings is 1. The molecule has 0 amide bonds. The summed E-state index contributed by atoms with van der Waals surface area (Å²) in [6.07, 6.45) is 0. The molecule has 0 unspecified atom stereocenters. The molecule has 26 heavy (non-hydrogen) atoms. The van der Waals surface area contributed by atoms with E-state index in [0.29, 0.717) is 5.52 Å². The lowest BCUT2D eigenvalue weighted by molar-refractivity contribution is 0.497. The van der Waals surface area contributed by atoms with Crippen LogP contribution in [0.5, 0.6) is 0 Å². The molecule has 0 spiro atoms. The molecule has 0 N–H and O–H groups in total. The van der Waals surface area contributed by atoms with E-state index in [4.69, 9.17) is 0 Å². The lowest BCUT2D eigenvalue weighted by atomic mass is 10.3. The molecule has 0 aliphatic carbocycles. The minimum absolute atomic E-state index is 0.0291. The second-order valence-electron chi connectivity index (χ2n) is 6.63. The number of anilines is 2. The molecule has 1 saturated heterocycles. The molecule has 1 aromatic carbocycles. The van der Waals surface area contributed by atoms with Crippen LogP contribution in [-0.2, 0) is 0 Å². The molecule has 0 bridgehead atoms. The molecular formula is C18H20FN5OS. The summed E-state index contributed by atoms with van der Waals surface area (Å²) in [5, 5.41) is 5.34. The molecule has 1 aliphatic heterocycles. The van der Waals surface area contributed by atoms with Crippen molar-refractivity contribution >= 4 is 32.5 Å². The topological polar surface area (TPSA) is 54.3 Å². The third-order valence-electron chi connectivity index (χ3n) is 4.53. The molecule has 4 rings (SSSR count). The van der Waals surface area contributed by atoms with E-state index in [1.165, 1.54) is 22.1 Å². The van der Waals surface area contributed by atoms with Gasteiger partial charge in [-0.2, -0.15) is 5.10 Å². The van der Waals surface area contributed by atoms with Gasteiger partial charge >= 0.3 is 0 Å². The molecule has 0 radical (unpaired) electrons. The van der Waals surface area contributed by atoms with Gasteiger partial charge in [0.1, 0.15) is 17.2 Å². The van der Waals surface area contributed by atoms with Gasteiger partial charge in [-0.15, -0.1) is 0 Å². The van der Waals surface area contributed by atoms with E-state index >= 15 is 0 Å². The number of piperazine rings is 1. The number of hydrogen-bond acceptors (Lipinski definition) is 6. The van der Waals surface area contributed by atoms with Gasteiger partial charge in [-0.1, -0.05) is 17.4 Å². The Kier molecular flexibility index (Phi) is 4.36. The Morgan fingerprint density at radius 1 is 1.08 bits per heavy atom. The van der Waals surface area contributed by atoms with Crippen LogP contribution in [0.2, 0.25) is 0 Å². The normalized spacial score (nSPS) is 15.2. The van der Waals surface area contributed by atoms with Crippen LogP contribution in [0.15, 0.2) is 35.1 Å². The van der Waals surface area contributed by atoms with Gasteiger partial charge in [0.05, 0.1) is 10.7 Å². The quantitative estimate of drug-likeness (QED) is 0.707. The molecule has 3 aromatic rings. The first-order chi connectivity index (χ1) is 12.5. The number of hydrogen-bond donors (Lipinski definition) is 0. The fourth-order valence-electron chi connectivity index (χ4n) is 3.12. The zero-order valence-electron chi connectivity index (χ0n) is 14.7. The number of rotatable bonds is 3. The summed E-state index contributed by atoms with van der Waals surface area (Å²) in [5.74, 6) is 0.539. The molecule has 0 atom stereocenters. The zero-order chi connectivity index (χ0) is 18.3. The molecular weight excluding hydrogens is 353 g/mol. The highest BCUT2D eigenvalue weighted by molar-refractivity contribution is 7.22. The van der Waals surface area contributed by atoms with Crippen LogP contribution in [0.4, 0.5) is 15.3 Å². The van der Waals surface area contributed by atoms with E-state index < -0.39 is 0 Å². The first-order valence-electron chi connectivity index (χ1n) is 8.68. The third kappa shape index (κ3) is 3.05. The van der Waals surface area contributed by atoms with Crippen LogP contribution >= 0.6 is 11.3 Å². The van der Waals surface area contributed by atoms with E-state index in [-0.39, 0.29) is 17.4 Å². The number of nitrogens with zero attached hydrogens (tertiary/aromatic N) is 5. The average Bonchev–Trinajstić information content (AvgIpc) is 3.08. The number of para-hydroxylation sites is 1. The largest absolute Gasteiger partial charge is 0.352 e. The number of fused-ring (bicyclic) bond motifs is 1. The van der Waals surface area contributed by atoms with E-state index in [0.717, 1.165) is 41.8 Å². The van der Waals surface area contributed by atoms with Gasteiger partial charge in [0, 0.05) is 32.2 Å². The van der Waals surface area contributed by atoms with Crippen molar-refractivity contribution in [3.63, 3.8) is 0 Å². The Morgan fingerprint density at radius 2 is 1.81 bits per heavy atom. The van der Waals surface area contributed by atoms with Crippen molar-refractivity contribution in [1.29, 1.82) is 0 Å². The van der Waals surface area contributed by atoms with Crippen LogP contribution < -0.4 is 15.4 Å². The Bertz CT molecular complexity index is 991. The first kappa shape index (κ1) is 17.0. The predicted octanol–water partition coefficient (Wildman–Crippen LogP) is 2.90. The van der Waals surface area contributed by atoms with E-state index in [9.17, 15) is 9.18 Å². The maximum absolute atomic E-state index is 13.9. The maximum atomic E-state index is 13.9. The highest BCUT2D eigenvalue weighted by Crippen LogP contribution is 2.31. The third-order valence-corrected chi connectivity index (χ3v) is 5.61. The molecule has 2 aromatic heterocycles. The lowest BCUT2D eigenvalue weighted by Crippen LogP contribution is -2.47. The highest BCUT2D eigenvalue weighted by atomic mass is 32.1. The summed E-state index contributed by atoms with van der Waals surface area (Å²) in [5.41, 5.74) is 0.361. The summed E-state index contributed by atoms with van der Waals surface area (Å²) in [7, 11) is 0. The van der Waals surface area contributed by atoms with Gasteiger partial charge in [0.25, 0.3) is 5.56 Å². The van der Waals surface area contributed by atoms with Crippen molar-refractivity contribution in [2.75, 3.05) is 36.0 Å². The Labute approximate surface area is 154 Å². The second-order valence-corrected chi connectivity index (χ2v) is 7.63. The predicted molar refractivity (Wildman–Crippen MR) is 103 cm³/mol. The molecule has 0 saturated carbocycles. The highest BCUT2D eigenvalue weighted by Gasteiger charge is 2.22. The molecule has 6 nitrogen and oxygen atoms in total. The van der Waals surface area contributed by atoms with Crippen molar-refractivity contribution in [3.05, 3.63) is 46.5 Å². The van der Waals surface area contributed by atoms with E-state index in [1.54, 1.807) is 18.2 Å². The van der Waals surface area contributed by atoms with Crippen molar-refractivity contribution < 1.29 is 4.39 Å². The van der Waals surface area contributed by atoms with Crippen LogP contribution in [0, 0.1) is 5.82 Å². The van der Waals surface area contributed by atoms with Crippen LogP contribution in [-0.4, -0.2) is 40.9 Å². The summed E-state index contributed by atoms with van der Waals surface area (Å²) >= 11 is 1.52. The SMILES string of the molecule is CC(C)n1nc(N2CCN(c3nc4c(F)cccc4s3)CC2)ccc1=O. The zero-order valence-corrected chi connectivity index (χ0v) is 15.5. The van der Waals surface area contributed by atoms with E-state index in [1.807, 2.05) is 19.9 Å². The van der Waals surface area contributed by atoms with Crippen LogP contribution in [0.3, 0.4) is 0 Å². The molecule has 1 aliphatic rings. The standard InChI is InChI=1S/C18H20FN5OS/c1-12(2)24-16(25)7-6-15(21-24)22-8-10-23(11-9-22)18-20-17-13(19)4-3-5-14(17)26-18/h3-7,12H,8-11H2,1-2H3. The Morgan fingerprint density at radius 3 is 2.50 bits per heavy atom. The summed E-state index contributed by atoms with van der Waals surface area (Å²) in [6, 6.07) is 8.44.